The van der Waals surface area contributed by atoms with Crippen LogP contribution in [0, 0.1) is 23.7 Å². The van der Waals surface area contributed by atoms with E-state index < -0.39 is 125 Å². The molecule has 0 aliphatic carbocycles. The fourth-order valence-electron chi connectivity index (χ4n) is 9.75. The van der Waals surface area contributed by atoms with Crippen LogP contribution in [-0.4, -0.2) is 101 Å². The van der Waals surface area contributed by atoms with E-state index in [1.165, 1.54) is 0 Å². The summed E-state index contributed by atoms with van der Waals surface area (Å²) in [5.41, 5.74) is 2.54. The molecule has 0 aromatic heterocycles. The monoisotopic (exact) mass is 1160 g/mol. The van der Waals surface area contributed by atoms with E-state index in [4.69, 9.17) is 0 Å². The van der Waals surface area contributed by atoms with E-state index >= 15 is 4.57 Å². The van der Waals surface area contributed by atoms with Crippen molar-refractivity contribution >= 4 is 72.2 Å². The Labute approximate surface area is 478 Å². The molecule has 0 fully saturated rings. The molecular weight excluding hydrogens is 1080 g/mol. The molecule has 0 aliphatic heterocycles. The zero-order chi connectivity index (χ0) is 59.7. The lowest BCUT2D eigenvalue weighted by Gasteiger charge is -2.35. The van der Waals surface area contributed by atoms with Gasteiger partial charge in [0, 0.05) is 6.42 Å². The van der Waals surface area contributed by atoms with Crippen molar-refractivity contribution in [1.29, 1.82) is 0 Å². The Bertz CT molecular complexity index is 3430. The number of carbonyl (C=O) groups is 4. The molecule has 0 saturated carbocycles. The molecule has 0 aliphatic rings. The molecule has 0 spiro atoms. The first-order chi connectivity index (χ1) is 37.9. The maximum absolute atomic E-state index is 15.4. The number of amides is 4. The fraction of sp³-hybridized carbons (Fsp3) is 0.429. The highest BCUT2D eigenvalue weighted by Crippen LogP contribution is 2.52. The largest absolute Gasteiger partial charge is 0.381 e. The molecule has 436 valence electrons. The lowest BCUT2D eigenvalue weighted by Crippen LogP contribution is -2.57. The lowest BCUT2D eigenvalue weighted by atomic mass is 9.94. The van der Waals surface area contributed by atoms with Gasteiger partial charge < -0.3 is 31.3 Å². The summed E-state index contributed by atoms with van der Waals surface area (Å²) in [6.45, 7) is 16.0. The standard InChI is InChI=1S/C63H81N4O11PS2/c1-41(2)55(66-57(68)49(39-80(75,76)62(5,6)7)37-47-31-21-29-45-27-17-19-33-51(45)47)59(70)64-53(35-43-23-13-11-14-24-43)61(72)79(73,74)54(36-44-25-15-12-16-26-44)65-60(71)56(42(3)4)67-58(69)50(40-81(77,78)63(8,9)10)38-48-32-22-30-46-28-18-20-34-52(46)48/h11-34,41-42,49-50,53-56,61,72H,35-40H2,1-10H3,(H,64,70)(H,65,71)(H,66,68)(H,67,69)(H,73,74)/t49-,50-,53?,54?,55+,56+,61?/m1/s1. The molecule has 6 aromatic carbocycles. The zero-order valence-corrected chi connectivity index (χ0v) is 50.7. The highest BCUT2D eigenvalue weighted by molar-refractivity contribution is 7.93. The Kier molecular flexibility index (Phi) is 21.1. The van der Waals surface area contributed by atoms with Crippen LogP contribution in [0.4, 0.5) is 0 Å². The zero-order valence-electron chi connectivity index (χ0n) is 48.1. The van der Waals surface area contributed by atoms with Crippen LogP contribution in [0.1, 0.15) is 91.5 Å². The average Bonchev–Trinajstić information content (AvgIpc) is 3.48. The van der Waals surface area contributed by atoms with Crippen molar-refractivity contribution < 1.29 is 50.6 Å². The molecule has 81 heavy (non-hydrogen) atoms. The van der Waals surface area contributed by atoms with Crippen LogP contribution in [-0.2, 0) is 69.1 Å². The van der Waals surface area contributed by atoms with Crippen molar-refractivity contribution in [2.45, 2.75) is 134 Å². The maximum atomic E-state index is 15.4. The first-order valence-electron chi connectivity index (χ1n) is 27.6. The van der Waals surface area contributed by atoms with Crippen LogP contribution in [0.25, 0.3) is 21.5 Å². The summed E-state index contributed by atoms with van der Waals surface area (Å²) in [7, 11) is -12.9. The van der Waals surface area contributed by atoms with Crippen LogP contribution in [0.15, 0.2) is 146 Å². The predicted molar refractivity (Wildman–Crippen MR) is 323 cm³/mol. The summed E-state index contributed by atoms with van der Waals surface area (Å²) in [6.07, 6.45) is -0.421. The number of hydrogen-bond acceptors (Lipinski definition) is 10. The van der Waals surface area contributed by atoms with E-state index in [-0.39, 0.29) is 25.7 Å². The van der Waals surface area contributed by atoms with Crippen molar-refractivity contribution in [2.24, 2.45) is 23.7 Å². The third kappa shape index (κ3) is 16.5. The van der Waals surface area contributed by atoms with Gasteiger partial charge in [0.15, 0.2) is 25.5 Å². The first kappa shape index (κ1) is 63.9. The summed E-state index contributed by atoms with van der Waals surface area (Å²) in [5, 5.41) is 27.0. The van der Waals surface area contributed by atoms with Gasteiger partial charge in [0.25, 0.3) is 7.37 Å². The first-order valence-corrected chi connectivity index (χ1v) is 32.7. The van der Waals surface area contributed by atoms with Crippen LogP contribution >= 0.6 is 7.37 Å². The number of sulfone groups is 2. The Morgan fingerprint density at radius 2 is 0.827 bits per heavy atom. The van der Waals surface area contributed by atoms with Crippen molar-refractivity contribution in [3.05, 3.63) is 168 Å². The molecular formula is C63H81N4O11PS2. The van der Waals surface area contributed by atoms with Crippen LogP contribution in [0.3, 0.4) is 0 Å². The molecule has 4 unspecified atom stereocenters. The fourth-order valence-corrected chi connectivity index (χ4v) is 14.2. The Morgan fingerprint density at radius 3 is 1.22 bits per heavy atom. The van der Waals surface area contributed by atoms with Gasteiger partial charge >= 0.3 is 0 Å². The minimum atomic E-state index is -5.13. The third-order valence-corrected chi connectivity index (χ3v) is 22.8. The van der Waals surface area contributed by atoms with Crippen LogP contribution in [0.2, 0.25) is 0 Å². The van der Waals surface area contributed by atoms with E-state index in [0.717, 1.165) is 32.7 Å². The summed E-state index contributed by atoms with van der Waals surface area (Å²) in [5.74, 6) is -11.7. The van der Waals surface area contributed by atoms with Crippen molar-refractivity contribution in [3.8, 4) is 0 Å². The van der Waals surface area contributed by atoms with Gasteiger partial charge in [-0.3, -0.25) is 23.7 Å². The second kappa shape index (κ2) is 26.8. The minimum Gasteiger partial charge on any atom is -0.381 e. The van der Waals surface area contributed by atoms with E-state index in [1.54, 1.807) is 130 Å². The van der Waals surface area contributed by atoms with E-state index in [9.17, 15) is 46.0 Å². The second-order valence-electron chi connectivity index (χ2n) is 23.9. The molecule has 6 rings (SSSR count). The normalized spacial score (nSPS) is 15.9. The molecule has 18 heteroatoms. The van der Waals surface area contributed by atoms with Crippen molar-refractivity contribution in [2.75, 3.05) is 11.5 Å². The van der Waals surface area contributed by atoms with Crippen LogP contribution in [0.5, 0.6) is 0 Å². The molecule has 6 aromatic rings. The Hall–Kier alpha value is -6.23. The number of rotatable bonds is 25. The molecule has 15 nitrogen and oxygen atoms in total. The highest BCUT2D eigenvalue weighted by atomic mass is 32.2. The van der Waals surface area contributed by atoms with Gasteiger partial charge in [0.1, 0.15) is 17.9 Å². The minimum absolute atomic E-state index is 0.0181. The molecule has 0 heterocycles. The van der Waals surface area contributed by atoms with Gasteiger partial charge in [-0.2, -0.15) is 0 Å². The lowest BCUT2D eigenvalue weighted by molar-refractivity contribution is -0.132. The van der Waals surface area contributed by atoms with E-state index in [1.807, 2.05) is 84.9 Å². The molecule has 4 amide bonds. The molecule has 0 saturated heterocycles. The maximum Gasteiger partial charge on any atom is 0.252 e. The van der Waals surface area contributed by atoms with Gasteiger partial charge in [-0.25, -0.2) is 16.8 Å². The Balaban J connectivity index is 1.31. The summed E-state index contributed by atoms with van der Waals surface area (Å²) < 4.78 is 68.2. The summed E-state index contributed by atoms with van der Waals surface area (Å²) in [4.78, 5) is 71.2. The highest BCUT2D eigenvalue weighted by Gasteiger charge is 2.46. The summed E-state index contributed by atoms with van der Waals surface area (Å²) in [6, 6.07) is 39.2. The predicted octanol–water partition coefficient (Wildman–Crippen LogP) is 8.72. The third-order valence-electron chi connectivity index (χ3n) is 15.0. The number of fused-ring (bicyclic) bond motifs is 2. The summed E-state index contributed by atoms with van der Waals surface area (Å²) >= 11 is 0. The molecule has 8 atom stereocenters. The molecule has 6 N–H and O–H groups in total. The molecule has 0 bridgehead atoms. The van der Waals surface area contributed by atoms with Gasteiger partial charge in [-0.05, 0) is 116 Å². The smallest absolute Gasteiger partial charge is 0.252 e. The number of benzene rings is 6. The average molecular weight is 1170 g/mol. The number of carbonyl (C=O) groups excluding carboxylic acids is 4. The van der Waals surface area contributed by atoms with Crippen molar-refractivity contribution in [1.82, 2.24) is 21.3 Å². The van der Waals surface area contributed by atoms with Gasteiger partial charge in [0.05, 0.1) is 38.9 Å². The van der Waals surface area contributed by atoms with Gasteiger partial charge in [0.2, 0.25) is 23.6 Å². The second-order valence-corrected chi connectivity index (χ2v) is 32.0. The Morgan fingerprint density at radius 1 is 0.469 bits per heavy atom. The van der Waals surface area contributed by atoms with E-state index in [2.05, 4.69) is 21.3 Å². The number of hydrogen-bond donors (Lipinski definition) is 6. The topological polar surface area (TPSA) is 242 Å². The number of nitrogens with one attached hydrogen (secondary N) is 4. The van der Waals surface area contributed by atoms with Gasteiger partial charge in [-0.15, -0.1) is 0 Å². The number of aliphatic hydroxyl groups is 1. The van der Waals surface area contributed by atoms with Crippen LogP contribution < -0.4 is 21.3 Å². The molecule has 0 radical (unpaired) electrons. The quantitative estimate of drug-likeness (QED) is 0.0296. The van der Waals surface area contributed by atoms with Crippen molar-refractivity contribution in [3.63, 3.8) is 0 Å². The SMILES string of the molecule is CC(C)[C@H](NC(=O)[C@H](Cc1cccc2ccccc12)CS(=O)(=O)C(C)(C)C)C(=O)NC(Cc1ccccc1)C(O)P(=O)(O)C(Cc1ccccc1)NC(=O)[C@@H](NC(=O)[C@H](Cc1cccc2ccccc12)CS(=O)(=O)C(C)(C)C)C(C)C. The number of aliphatic hydroxyl groups excluding tert-OH is 1. The van der Waals surface area contributed by atoms with Gasteiger partial charge in [-0.1, -0.05) is 173 Å². The van der Waals surface area contributed by atoms with E-state index in [0.29, 0.717) is 11.1 Å².